The van der Waals surface area contributed by atoms with Gasteiger partial charge in [0.05, 0.1) is 0 Å². The molecule has 2 atom stereocenters. The Bertz CT molecular complexity index is 193. The van der Waals surface area contributed by atoms with Crippen LogP contribution in [0.1, 0.15) is 51.9 Å². The molecular formula is C13H27N3. The van der Waals surface area contributed by atoms with Gasteiger partial charge in [0.2, 0.25) is 0 Å². The first-order valence-electron chi connectivity index (χ1n) is 6.99. The molecule has 2 fully saturated rings. The van der Waals surface area contributed by atoms with Crippen LogP contribution in [0.5, 0.6) is 0 Å². The molecule has 1 saturated heterocycles. The molecule has 2 unspecified atom stereocenters. The minimum absolute atomic E-state index is 0.463. The maximum atomic E-state index is 5.92. The lowest BCUT2D eigenvalue weighted by molar-refractivity contribution is 0.305. The molecule has 16 heavy (non-hydrogen) atoms. The van der Waals surface area contributed by atoms with Crippen molar-refractivity contribution in [3.05, 3.63) is 0 Å². The predicted molar refractivity (Wildman–Crippen MR) is 68.5 cm³/mol. The van der Waals surface area contributed by atoms with E-state index in [0.717, 1.165) is 12.1 Å². The second-order valence-electron chi connectivity index (χ2n) is 5.71. The van der Waals surface area contributed by atoms with Gasteiger partial charge in [-0.05, 0) is 58.4 Å². The Morgan fingerprint density at radius 1 is 1.25 bits per heavy atom. The van der Waals surface area contributed by atoms with Crippen LogP contribution >= 0.6 is 0 Å². The molecule has 3 nitrogen and oxygen atoms in total. The summed E-state index contributed by atoms with van der Waals surface area (Å²) in [7, 11) is 0. The zero-order valence-corrected chi connectivity index (χ0v) is 10.5. The molecule has 0 spiro atoms. The molecule has 3 heteroatoms. The van der Waals surface area contributed by atoms with E-state index in [0.29, 0.717) is 12.1 Å². The van der Waals surface area contributed by atoms with Crippen molar-refractivity contribution >= 4 is 0 Å². The van der Waals surface area contributed by atoms with E-state index >= 15 is 0 Å². The summed E-state index contributed by atoms with van der Waals surface area (Å²) in [5.74, 6) is 0. The van der Waals surface area contributed by atoms with Crippen LogP contribution in [0.3, 0.4) is 0 Å². The van der Waals surface area contributed by atoms with Crippen molar-refractivity contribution in [2.75, 3.05) is 6.54 Å². The summed E-state index contributed by atoms with van der Waals surface area (Å²) < 4.78 is 0. The fourth-order valence-electron chi connectivity index (χ4n) is 3.14. The van der Waals surface area contributed by atoms with Gasteiger partial charge in [-0.2, -0.15) is 0 Å². The van der Waals surface area contributed by atoms with Gasteiger partial charge in [-0.3, -0.25) is 0 Å². The Balaban J connectivity index is 1.64. The Morgan fingerprint density at radius 3 is 2.62 bits per heavy atom. The highest BCUT2D eigenvalue weighted by molar-refractivity contribution is 4.83. The topological polar surface area (TPSA) is 50.1 Å². The molecule has 4 N–H and O–H groups in total. The summed E-state index contributed by atoms with van der Waals surface area (Å²) in [6, 6.07) is 2.59. The standard InChI is InChI=1S/C13H27N3/c1-10(9-13-3-2-8-15-13)16-12-6-4-11(14)5-7-12/h10-13,15-16H,2-9,14H2,1H3. The minimum atomic E-state index is 0.463. The van der Waals surface area contributed by atoms with Gasteiger partial charge in [-0.25, -0.2) is 0 Å². The summed E-state index contributed by atoms with van der Waals surface area (Å²) in [4.78, 5) is 0. The Kier molecular flexibility index (Phi) is 4.62. The zero-order valence-electron chi connectivity index (χ0n) is 10.5. The lowest BCUT2D eigenvalue weighted by Crippen LogP contribution is -2.43. The average Bonchev–Trinajstić information content (AvgIpc) is 2.74. The molecule has 1 aliphatic heterocycles. The van der Waals surface area contributed by atoms with E-state index in [4.69, 9.17) is 5.73 Å². The third-order valence-corrected chi connectivity index (χ3v) is 4.09. The van der Waals surface area contributed by atoms with Gasteiger partial charge < -0.3 is 16.4 Å². The molecule has 2 rings (SSSR count). The normalized spacial score (nSPS) is 37.5. The number of rotatable bonds is 4. The van der Waals surface area contributed by atoms with Gasteiger partial charge >= 0.3 is 0 Å². The molecule has 1 heterocycles. The van der Waals surface area contributed by atoms with Gasteiger partial charge in [0.1, 0.15) is 0 Å². The highest BCUT2D eigenvalue weighted by atomic mass is 15.0. The maximum Gasteiger partial charge on any atom is 0.00822 e. The Labute approximate surface area is 99.5 Å². The van der Waals surface area contributed by atoms with Gasteiger partial charge in [0.25, 0.3) is 0 Å². The highest BCUT2D eigenvalue weighted by Gasteiger charge is 2.22. The van der Waals surface area contributed by atoms with E-state index in [2.05, 4.69) is 17.6 Å². The third-order valence-electron chi connectivity index (χ3n) is 4.09. The van der Waals surface area contributed by atoms with Gasteiger partial charge in [0.15, 0.2) is 0 Å². The van der Waals surface area contributed by atoms with E-state index < -0.39 is 0 Å². The minimum Gasteiger partial charge on any atom is -0.328 e. The summed E-state index contributed by atoms with van der Waals surface area (Å²) in [5.41, 5.74) is 5.92. The van der Waals surface area contributed by atoms with Gasteiger partial charge in [-0.15, -0.1) is 0 Å². The first kappa shape index (κ1) is 12.3. The quantitative estimate of drug-likeness (QED) is 0.677. The highest BCUT2D eigenvalue weighted by Crippen LogP contribution is 2.18. The summed E-state index contributed by atoms with van der Waals surface area (Å²) in [6.45, 7) is 3.55. The molecule has 0 aromatic heterocycles. The van der Waals surface area contributed by atoms with Crippen molar-refractivity contribution in [3.63, 3.8) is 0 Å². The van der Waals surface area contributed by atoms with Crippen molar-refractivity contribution in [3.8, 4) is 0 Å². The van der Waals surface area contributed by atoms with E-state index in [9.17, 15) is 0 Å². The first-order chi connectivity index (χ1) is 7.74. The number of nitrogens with two attached hydrogens (primary N) is 1. The molecule has 0 aromatic rings. The largest absolute Gasteiger partial charge is 0.328 e. The van der Waals surface area contributed by atoms with Crippen LogP contribution in [-0.4, -0.2) is 30.7 Å². The number of nitrogens with one attached hydrogen (secondary N) is 2. The van der Waals surface area contributed by atoms with Gasteiger partial charge in [0, 0.05) is 24.2 Å². The van der Waals surface area contributed by atoms with Crippen LogP contribution in [-0.2, 0) is 0 Å². The van der Waals surface area contributed by atoms with Crippen LogP contribution in [0.2, 0.25) is 0 Å². The molecule has 1 aliphatic carbocycles. The van der Waals surface area contributed by atoms with Crippen molar-refractivity contribution < 1.29 is 0 Å². The van der Waals surface area contributed by atoms with E-state index in [1.807, 2.05) is 0 Å². The molecule has 0 bridgehead atoms. The smallest absolute Gasteiger partial charge is 0.00822 e. The van der Waals surface area contributed by atoms with Crippen LogP contribution < -0.4 is 16.4 Å². The Morgan fingerprint density at radius 2 is 2.00 bits per heavy atom. The lowest BCUT2D eigenvalue weighted by atomic mass is 9.91. The number of hydrogen-bond acceptors (Lipinski definition) is 3. The molecule has 0 aromatic carbocycles. The van der Waals surface area contributed by atoms with Crippen molar-refractivity contribution in [1.29, 1.82) is 0 Å². The van der Waals surface area contributed by atoms with Crippen LogP contribution in [0.25, 0.3) is 0 Å². The maximum absolute atomic E-state index is 5.92. The van der Waals surface area contributed by atoms with E-state index in [-0.39, 0.29) is 0 Å². The summed E-state index contributed by atoms with van der Waals surface area (Å²) in [5, 5.41) is 7.34. The van der Waals surface area contributed by atoms with Crippen LogP contribution in [0, 0.1) is 0 Å². The fraction of sp³-hybridized carbons (Fsp3) is 1.00. The SMILES string of the molecule is CC(CC1CCCN1)NC1CCC(N)CC1. The van der Waals surface area contributed by atoms with Crippen LogP contribution in [0.15, 0.2) is 0 Å². The van der Waals surface area contributed by atoms with Crippen molar-refractivity contribution in [1.82, 2.24) is 10.6 Å². The van der Waals surface area contributed by atoms with E-state index in [1.54, 1.807) is 0 Å². The second kappa shape index (κ2) is 5.99. The van der Waals surface area contributed by atoms with Gasteiger partial charge in [-0.1, -0.05) is 0 Å². The second-order valence-corrected chi connectivity index (χ2v) is 5.71. The predicted octanol–water partition coefficient (Wildman–Crippen LogP) is 1.38. The van der Waals surface area contributed by atoms with Crippen LogP contribution in [0.4, 0.5) is 0 Å². The van der Waals surface area contributed by atoms with Crippen molar-refractivity contribution in [2.24, 2.45) is 5.73 Å². The summed E-state index contributed by atoms with van der Waals surface area (Å²) >= 11 is 0. The molecule has 2 aliphatic rings. The first-order valence-corrected chi connectivity index (χ1v) is 6.99. The molecular weight excluding hydrogens is 198 g/mol. The fourth-order valence-corrected chi connectivity index (χ4v) is 3.14. The molecule has 0 amide bonds. The van der Waals surface area contributed by atoms with E-state index in [1.165, 1.54) is 51.5 Å². The molecule has 94 valence electrons. The zero-order chi connectivity index (χ0) is 11.4. The average molecular weight is 225 g/mol. The molecule has 1 saturated carbocycles. The Hall–Kier alpha value is -0.120. The number of hydrogen-bond donors (Lipinski definition) is 3. The monoisotopic (exact) mass is 225 g/mol. The third kappa shape index (κ3) is 3.72. The molecule has 0 radical (unpaired) electrons. The summed E-state index contributed by atoms with van der Waals surface area (Å²) in [6.07, 6.45) is 8.94. The lowest BCUT2D eigenvalue weighted by Gasteiger charge is -2.30. The van der Waals surface area contributed by atoms with Crippen molar-refractivity contribution in [2.45, 2.75) is 76.0 Å².